The first-order valence-corrected chi connectivity index (χ1v) is 13.2. The Kier molecular flexibility index (Phi) is 8.41. The highest BCUT2D eigenvalue weighted by atomic mass is 16.2. The summed E-state index contributed by atoms with van der Waals surface area (Å²) in [7, 11) is 0. The number of hydrogen-bond acceptors (Lipinski definition) is 4. The number of rotatable bonds is 7. The lowest BCUT2D eigenvalue weighted by Gasteiger charge is -2.36. The van der Waals surface area contributed by atoms with Crippen molar-refractivity contribution in [2.45, 2.75) is 89.0 Å². The molecule has 0 aliphatic carbocycles. The summed E-state index contributed by atoms with van der Waals surface area (Å²) in [5, 5.41) is 6.14. The van der Waals surface area contributed by atoms with E-state index in [1.165, 1.54) is 0 Å². The zero-order chi connectivity index (χ0) is 25.7. The summed E-state index contributed by atoms with van der Waals surface area (Å²) in [6.07, 6.45) is 5.18. The number of benzene rings is 2. The topological polar surface area (TPSA) is 105 Å². The van der Waals surface area contributed by atoms with E-state index in [-0.39, 0.29) is 29.8 Å². The van der Waals surface area contributed by atoms with Crippen LogP contribution in [0.2, 0.25) is 0 Å². The monoisotopic (exact) mass is 490 g/mol. The van der Waals surface area contributed by atoms with Crippen molar-refractivity contribution in [3.8, 4) is 0 Å². The largest absolute Gasteiger partial charge is 0.343 e. The summed E-state index contributed by atoms with van der Waals surface area (Å²) in [5.74, 6) is -0.628. The fraction of sp³-hybridized carbons (Fsp3) is 0.483. The van der Waals surface area contributed by atoms with Crippen LogP contribution in [0.4, 0.5) is 0 Å². The lowest BCUT2D eigenvalue weighted by molar-refractivity contribution is -0.144. The zero-order valence-corrected chi connectivity index (χ0v) is 21.3. The van der Waals surface area contributed by atoms with E-state index in [1.54, 1.807) is 4.90 Å². The maximum absolute atomic E-state index is 13.8. The van der Waals surface area contributed by atoms with E-state index in [0.717, 1.165) is 42.4 Å². The molecule has 0 spiro atoms. The molecule has 0 bridgehead atoms. The van der Waals surface area contributed by atoms with Crippen LogP contribution in [0.25, 0.3) is 0 Å². The number of fused-ring (bicyclic) bond motifs is 1. The minimum Gasteiger partial charge on any atom is -0.343 e. The van der Waals surface area contributed by atoms with Crippen molar-refractivity contribution in [2.75, 3.05) is 0 Å². The predicted octanol–water partition coefficient (Wildman–Crippen LogP) is 3.36. The van der Waals surface area contributed by atoms with Gasteiger partial charge >= 0.3 is 0 Å². The van der Waals surface area contributed by atoms with Gasteiger partial charge in [-0.15, -0.1) is 0 Å². The van der Waals surface area contributed by atoms with Crippen LogP contribution in [0.1, 0.15) is 74.6 Å². The van der Waals surface area contributed by atoms with Gasteiger partial charge in [-0.2, -0.15) is 0 Å². The lowest BCUT2D eigenvalue weighted by atomic mass is 9.94. The van der Waals surface area contributed by atoms with Gasteiger partial charge in [0.1, 0.15) is 12.1 Å². The van der Waals surface area contributed by atoms with Crippen molar-refractivity contribution in [1.82, 2.24) is 15.5 Å². The molecule has 2 aromatic rings. The normalized spacial score (nSPS) is 23.7. The highest BCUT2D eigenvalue weighted by Crippen LogP contribution is 2.33. The molecule has 4 rings (SSSR count). The van der Waals surface area contributed by atoms with E-state index >= 15 is 0 Å². The quantitative estimate of drug-likeness (QED) is 0.554. The predicted molar refractivity (Wildman–Crippen MR) is 140 cm³/mol. The van der Waals surface area contributed by atoms with Crippen LogP contribution in [0.5, 0.6) is 0 Å². The second-order valence-corrected chi connectivity index (χ2v) is 10.1. The van der Waals surface area contributed by atoms with Gasteiger partial charge in [-0.3, -0.25) is 14.4 Å². The van der Waals surface area contributed by atoms with Crippen LogP contribution in [0, 0.1) is 6.92 Å². The number of nitrogens with zero attached hydrogens (tertiary/aromatic N) is 1. The van der Waals surface area contributed by atoms with Crippen molar-refractivity contribution >= 4 is 17.7 Å². The van der Waals surface area contributed by atoms with Crippen LogP contribution in [0.3, 0.4) is 0 Å². The van der Waals surface area contributed by atoms with Gasteiger partial charge in [0.15, 0.2) is 0 Å². The minimum absolute atomic E-state index is 0.0152. The fourth-order valence-corrected chi connectivity index (χ4v) is 5.52. The highest BCUT2D eigenvalue weighted by Gasteiger charge is 2.44. The molecule has 192 valence electrons. The third kappa shape index (κ3) is 5.62. The average Bonchev–Trinajstić information content (AvgIpc) is 3.31. The Labute approximate surface area is 213 Å². The van der Waals surface area contributed by atoms with Gasteiger partial charge in [0.25, 0.3) is 0 Å². The summed E-state index contributed by atoms with van der Waals surface area (Å²) >= 11 is 0. The van der Waals surface area contributed by atoms with E-state index in [4.69, 9.17) is 5.73 Å². The van der Waals surface area contributed by atoms with Crippen molar-refractivity contribution in [3.63, 3.8) is 0 Å². The number of amides is 3. The first-order chi connectivity index (χ1) is 17.4. The Morgan fingerprint density at radius 1 is 1.00 bits per heavy atom. The third-order valence-corrected chi connectivity index (χ3v) is 7.65. The molecule has 7 heteroatoms. The molecular formula is C29H38N4O3. The third-order valence-electron chi connectivity index (χ3n) is 7.65. The summed E-state index contributed by atoms with van der Waals surface area (Å²) in [6.45, 7) is 3.89. The Balaban J connectivity index is 1.58. The van der Waals surface area contributed by atoms with Crippen LogP contribution in [0.15, 0.2) is 54.6 Å². The van der Waals surface area contributed by atoms with Gasteiger partial charge in [0.2, 0.25) is 17.7 Å². The first-order valence-electron chi connectivity index (χ1n) is 13.2. The maximum atomic E-state index is 13.8. The SMILES string of the molecule is CC[C@H](N)C(=O)N[C@H]1CCCC[C@H]2CC[C@@H](C(=O)N[C@@H](c3ccccc3)c3ccccc3C)N2C1=O. The molecule has 36 heavy (non-hydrogen) atoms. The Morgan fingerprint density at radius 2 is 1.69 bits per heavy atom. The maximum Gasteiger partial charge on any atom is 0.246 e. The Bertz CT molecular complexity index is 1070. The molecule has 2 heterocycles. The molecule has 0 saturated carbocycles. The molecule has 0 radical (unpaired) electrons. The number of nitrogens with one attached hydrogen (secondary N) is 2. The molecule has 0 unspecified atom stereocenters. The molecule has 4 N–H and O–H groups in total. The van der Waals surface area contributed by atoms with Gasteiger partial charge in [-0.1, -0.05) is 74.4 Å². The fourth-order valence-electron chi connectivity index (χ4n) is 5.52. The highest BCUT2D eigenvalue weighted by molar-refractivity contribution is 5.94. The number of carbonyl (C=O) groups excluding carboxylic acids is 3. The summed E-state index contributed by atoms with van der Waals surface area (Å²) in [5.41, 5.74) is 9.02. The zero-order valence-electron chi connectivity index (χ0n) is 21.3. The molecule has 2 fully saturated rings. The Hall–Kier alpha value is -3.19. The Morgan fingerprint density at radius 3 is 2.42 bits per heavy atom. The molecule has 0 aromatic heterocycles. The standard InChI is InChI=1S/C29H38N4O3/c1-3-23(30)27(34)31-24-16-10-8-14-21-17-18-25(33(21)29(24)36)28(35)32-26(20-12-5-4-6-13-20)22-15-9-7-11-19(22)2/h4-7,9,11-13,15,21,23-26H,3,8,10,14,16-18,30H2,1-2H3,(H,31,34)(H,32,35)/t21-,23-,24-,25-,26-/m0/s1. The average molecular weight is 491 g/mol. The number of hydrogen-bond donors (Lipinski definition) is 3. The van der Waals surface area contributed by atoms with E-state index in [2.05, 4.69) is 10.6 Å². The van der Waals surface area contributed by atoms with Crippen LogP contribution in [-0.4, -0.2) is 46.8 Å². The van der Waals surface area contributed by atoms with Crippen LogP contribution >= 0.6 is 0 Å². The summed E-state index contributed by atoms with van der Waals surface area (Å²) in [4.78, 5) is 41.8. The van der Waals surface area contributed by atoms with Crippen molar-refractivity contribution in [2.24, 2.45) is 5.73 Å². The number of aryl methyl sites for hydroxylation is 1. The summed E-state index contributed by atoms with van der Waals surface area (Å²) < 4.78 is 0. The smallest absolute Gasteiger partial charge is 0.246 e. The summed E-state index contributed by atoms with van der Waals surface area (Å²) in [6, 6.07) is 15.8. The van der Waals surface area contributed by atoms with Gasteiger partial charge in [0, 0.05) is 6.04 Å². The van der Waals surface area contributed by atoms with E-state index in [0.29, 0.717) is 19.3 Å². The molecule has 2 saturated heterocycles. The van der Waals surface area contributed by atoms with Gasteiger partial charge < -0.3 is 21.3 Å². The second kappa shape index (κ2) is 11.7. The molecular weight excluding hydrogens is 452 g/mol. The van der Waals surface area contributed by atoms with Crippen molar-refractivity contribution in [1.29, 1.82) is 0 Å². The van der Waals surface area contributed by atoms with Gasteiger partial charge in [0.05, 0.1) is 12.1 Å². The van der Waals surface area contributed by atoms with Crippen LogP contribution in [-0.2, 0) is 14.4 Å². The second-order valence-electron chi connectivity index (χ2n) is 10.1. The van der Waals surface area contributed by atoms with E-state index in [1.807, 2.05) is 68.4 Å². The molecule has 2 aromatic carbocycles. The molecule has 2 aliphatic rings. The van der Waals surface area contributed by atoms with Gasteiger partial charge in [-0.25, -0.2) is 0 Å². The molecule has 3 amide bonds. The lowest BCUT2D eigenvalue weighted by Crippen LogP contribution is -2.58. The van der Waals surface area contributed by atoms with Crippen molar-refractivity contribution < 1.29 is 14.4 Å². The minimum atomic E-state index is -0.646. The van der Waals surface area contributed by atoms with E-state index < -0.39 is 18.1 Å². The molecule has 5 atom stereocenters. The number of carbonyl (C=O) groups is 3. The van der Waals surface area contributed by atoms with E-state index in [9.17, 15) is 14.4 Å². The van der Waals surface area contributed by atoms with Gasteiger partial charge in [-0.05, 0) is 55.7 Å². The first kappa shape index (κ1) is 25.9. The molecule has 2 aliphatic heterocycles. The van der Waals surface area contributed by atoms with Crippen LogP contribution < -0.4 is 16.4 Å². The van der Waals surface area contributed by atoms with Crippen molar-refractivity contribution in [3.05, 3.63) is 71.3 Å². The number of nitrogens with two attached hydrogens (primary N) is 1. The molecule has 7 nitrogen and oxygen atoms in total.